The molecule has 0 rings (SSSR count). The van der Waals surface area contributed by atoms with Gasteiger partial charge in [-0.2, -0.15) is 0 Å². The zero-order valence-electron chi connectivity index (χ0n) is 13.3. The Labute approximate surface area is 128 Å². The number of halogens is 1. The highest BCUT2D eigenvalue weighted by atomic mass is 35.5. The number of hydrogen-bond acceptors (Lipinski definition) is 3. The third-order valence-corrected chi connectivity index (χ3v) is 3.47. The fourth-order valence-corrected chi connectivity index (χ4v) is 1.68. The fraction of sp³-hybridized carbons (Fsp3) is 0.857. The van der Waals surface area contributed by atoms with Gasteiger partial charge in [0.1, 0.15) is 0 Å². The maximum absolute atomic E-state index is 11.8. The van der Waals surface area contributed by atoms with Crippen molar-refractivity contribution in [2.75, 3.05) is 13.1 Å². The third-order valence-electron chi connectivity index (χ3n) is 3.47. The maximum atomic E-state index is 11.8. The Hall–Kier alpha value is -0.810. The van der Waals surface area contributed by atoms with Crippen LogP contribution in [-0.4, -0.2) is 30.4 Å². The van der Waals surface area contributed by atoms with Crippen molar-refractivity contribution in [1.29, 1.82) is 0 Å². The molecule has 0 aliphatic rings. The Morgan fingerprint density at radius 1 is 1.10 bits per heavy atom. The van der Waals surface area contributed by atoms with Crippen molar-refractivity contribution in [3.8, 4) is 0 Å². The summed E-state index contributed by atoms with van der Waals surface area (Å²) in [5.74, 6) is -0.111. The van der Waals surface area contributed by atoms with Crippen LogP contribution in [0.1, 0.15) is 53.9 Å². The summed E-state index contributed by atoms with van der Waals surface area (Å²) in [6.07, 6.45) is 1.89. The third kappa shape index (κ3) is 7.10. The Morgan fingerprint density at radius 2 is 1.60 bits per heavy atom. The van der Waals surface area contributed by atoms with Crippen LogP contribution in [0.4, 0.5) is 0 Å². The van der Waals surface area contributed by atoms with E-state index in [0.717, 1.165) is 12.8 Å². The molecule has 0 aliphatic heterocycles. The van der Waals surface area contributed by atoms with Gasteiger partial charge in [-0.3, -0.25) is 9.59 Å². The summed E-state index contributed by atoms with van der Waals surface area (Å²) in [5.41, 5.74) is 4.99. The van der Waals surface area contributed by atoms with Gasteiger partial charge in [-0.15, -0.1) is 12.4 Å². The van der Waals surface area contributed by atoms with E-state index in [4.69, 9.17) is 5.73 Å². The number of carbonyl (C=O) groups is 2. The molecule has 0 aromatic rings. The van der Waals surface area contributed by atoms with Gasteiger partial charge >= 0.3 is 0 Å². The van der Waals surface area contributed by atoms with Crippen LogP contribution in [0.2, 0.25) is 0 Å². The average Bonchev–Trinajstić information content (AvgIpc) is 2.35. The predicted molar refractivity (Wildman–Crippen MR) is 84.8 cm³/mol. The van der Waals surface area contributed by atoms with Crippen LogP contribution in [-0.2, 0) is 9.59 Å². The lowest BCUT2D eigenvalue weighted by molar-refractivity contribution is -0.128. The van der Waals surface area contributed by atoms with Crippen molar-refractivity contribution in [3.05, 3.63) is 0 Å². The fourth-order valence-electron chi connectivity index (χ4n) is 1.68. The molecule has 0 radical (unpaired) electrons. The van der Waals surface area contributed by atoms with Crippen molar-refractivity contribution >= 4 is 24.2 Å². The number of nitrogens with two attached hydrogens (primary N) is 1. The molecule has 0 heterocycles. The van der Waals surface area contributed by atoms with Crippen LogP contribution in [0.25, 0.3) is 0 Å². The highest BCUT2D eigenvalue weighted by Gasteiger charge is 2.26. The summed E-state index contributed by atoms with van der Waals surface area (Å²) >= 11 is 0. The van der Waals surface area contributed by atoms with Gasteiger partial charge in [-0.25, -0.2) is 0 Å². The molecule has 6 heteroatoms. The molecule has 0 bridgehead atoms. The molecule has 0 aromatic carbocycles. The second kappa shape index (κ2) is 9.19. The van der Waals surface area contributed by atoms with E-state index in [1.807, 2.05) is 34.6 Å². The smallest absolute Gasteiger partial charge is 0.225 e. The van der Waals surface area contributed by atoms with Gasteiger partial charge in [0.05, 0.1) is 5.54 Å². The van der Waals surface area contributed by atoms with Crippen LogP contribution < -0.4 is 16.4 Å². The van der Waals surface area contributed by atoms with Gasteiger partial charge in [0.25, 0.3) is 0 Å². The van der Waals surface area contributed by atoms with Crippen LogP contribution >= 0.6 is 12.4 Å². The van der Waals surface area contributed by atoms with Gasteiger partial charge in [-0.05, 0) is 12.8 Å². The maximum Gasteiger partial charge on any atom is 0.225 e. The lowest BCUT2D eigenvalue weighted by Crippen LogP contribution is -2.53. The van der Waals surface area contributed by atoms with Crippen molar-refractivity contribution in [2.45, 2.75) is 59.4 Å². The number of hydrogen-bond donors (Lipinski definition) is 3. The Morgan fingerprint density at radius 3 is 1.95 bits per heavy atom. The minimum atomic E-state index is -0.426. The molecular formula is C14H30ClN3O2. The normalized spacial score (nSPS) is 11.5. The topological polar surface area (TPSA) is 84.2 Å². The molecule has 4 N–H and O–H groups in total. The number of amides is 2. The summed E-state index contributed by atoms with van der Waals surface area (Å²) in [7, 11) is 0. The van der Waals surface area contributed by atoms with E-state index in [2.05, 4.69) is 10.6 Å². The molecule has 5 nitrogen and oxygen atoms in total. The van der Waals surface area contributed by atoms with E-state index in [1.165, 1.54) is 0 Å². The number of nitrogens with one attached hydrogen (secondary N) is 2. The lowest BCUT2D eigenvalue weighted by Gasteiger charge is -2.31. The Bertz CT molecular complexity index is 302. The molecule has 2 amide bonds. The zero-order chi connectivity index (χ0) is 15.1. The van der Waals surface area contributed by atoms with Gasteiger partial charge in [-0.1, -0.05) is 34.6 Å². The highest BCUT2D eigenvalue weighted by Crippen LogP contribution is 2.14. The standard InChI is InChI=1S/C14H29N3O2.ClH/c1-6-14(7-2,10-15)17-11(18)8-9-16-12(19)13(3,4)5;/h6-10,15H2,1-5H3,(H,16,19)(H,17,18);1H. The van der Waals surface area contributed by atoms with Gasteiger partial charge < -0.3 is 16.4 Å². The SMILES string of the molecule is CCC(CC)(CN)NC(=O)CCNC(=O)C(C)(C)C.Cl. The highest BCUT2D eigenvalue weighted by molar-refractivity contribution is 5.85. The first-order valence-electron chi connectivity index (χ1n) is 7.00. The van der Waals surface area contributed by atoms with E-state index in [9.17, 15) is 9.59 Å². The lowest BCUT2D eigenvalue weighted by atomic mass is 9.92. The molecule has 0 saturated carbocycles. The number of rotatable bonds is 7. The van der Waals surface area contributed by atoms with E-state index in [-0.39, 0.29) is 36.2 Å². The van der Waals surface area contributed by atoms with E-state index in [0.29, 0.717) is 13.1 Å². The minimum Gasteiger partial charge on any atom is -0.355 e. The van der Waals surface area contributed by atoms with E-state index in [1.54, 1.807) is 0 Å². The summed E-state index contributed by atoms with van der Waals surface area (Å²) in [6, 6.07) is 0. The van der Waals surface area contributed by atoms with Crippen molar-refractivity contribution in [1.82, 2.24) is 10.6 Å². The van der Waals surface area contributed by atoms with Crippen LogP contribution in [0.3, 0.4) is 0 Å². The van der Waals surface area contributed by atoms with Gasteiger partial charge in [0.15, 0.2) is 0 Å². The van der Waals surface area contributed by atoms with Crippen molar-refractivity contribution in [2.24, 2.45) is 11.1 Å². The molecule has 0 spiro atoms. The summed E-state index contributed by atoms with van der Waals surface area (Å²) < 4.78 is 0. The molecular weight excluding hydrogens is 278 g/mol. The van der Waals surface area contributed by atoms with Gasteiger partial charge in [0.2, 0.25) is 11.8 Å². The Kier molecular flexibility index (Phi) is 9.87. The van der Waals surface area contributed by atoms with Crippen LogP contribution in [0.15, 0.2) is 0 Å². The first-order chi connectivity index (χ1) is 8.70. The summed E-state index contributed by atoms with van der Waals surface area (Å²) in [4.78, 5) is 23.5. The predicted octanol–water partition coefficient (Wildman–Crippen LogP) is 1.59. The molecule has 0 fully saturated rings. The second-order valence-electron chi connectivity index (χ2n) is 6.00. The van der Waals surface area contributed by atoms with E-state index >= 15 is 0 Å². The van der Waals surface area contributed by atoms with Crippen LogP contribution in [0.5, 0.6) is 0 Å². The molecule has 0 aliphatic carbocycles. The molecule has 0 aromatic heterocycles. The average molecular weight is 308 g/mol. The first-order valence-corrected chi connectivity index (χ1v) is 7.00. The monoisotopic (exact) mass is 307 g/mol. The van der Waals surface area contributed by atoms with E-state index < -0.39 is 5.41 Å². The number of carbonyl (C=O) groups excluding carboxylic acids is 2. The Balaban J connectivity index is 0. The van der Waals surface area contributed by atoms with Gasteiger partial charge in [0, 0.05) is 24.9 Å². The molecule has 0 atom stereocenters. The molecule has 120 valence electrons. The quantitative estimate of drug-likeness (QED) is 0.668. The van der Waals surface area contributed by atoms with Crippen molar-refractivity contribution in [3.63, 3.8) is 0 Å². The zero-order valence-corrected chi connectivity index (χ0v) is 14.2. The largest absolute Gasteiger partial charge is 0.355 e. The summed E-state index contributed by atoms with van der Waals surface area (Å²) in [6.45, 7) is 10.3. The molecule has 20 heavy (non-hydrogen) atoms. The minimum absolute atomic E-state index is 0. The van der Waals surface area contributed by atoms with Crippen molar-refractivity contribution < 1.29 is 9.59 Å². The second-order valence-corrected chi connectivity index (χ2v) is 6.00. The van der Waals surface area contributed by atoms with Crippen LogP contribution in [0, 0.1) is 5.41 Å². The summed E-state index contributed by atoms with van der Waals surface area (Å²) in [5, 5.41) is 5.74. The molecule has 0 saturated heterocycles. The molecule has 0 unspecified atom stereocenters. The first kappa shape index (κ1) is 21.5.